The van der Waals surface area contributed by atoms with Crippen molar-refractivity contribution in [1.29, 1.82) is 0 Å². The average molecular weight is 507 g/mol. The fourth-order valence-corrected chi connectivity index (χ4v) is 4.10. The van der Waals surface area contributed by atoms with Crippen molar-refractivity contribution in [2.24, 2.45) is 0 Å². The molecule has 36 heavy (non-hydrogen) atoms. The van der Waals surface area contributed by atoms with E-state index < -0.39 is 30.3 Å². The van der Waals surface area contributed by atoms with Gasteiger partial charge in [0.15, 0.2) is 18.1 Å². The van der Waals surface area contributed by atoms with Crippen molar-refractivity contribution >= 4 is 41.0 Å². The van der Waals surface area contributed by atoms with Gasteiger partial charge in [-0.2, -0.15) is 0 Å². The van der Waals surface area contributed by atoms with E-state index in [-0.39, 0.29) is 30.0 Å². The third-order valence-electron chi connectivity index (χ3n) is 5.86. The molecule has 0 spiro atoms. The smallest absolute Gasteiger partial charge is 0.338 e. The summed E-state index contributed by atoms with van der Waals surface area (Å²) in [5, 5.41) is 3.13. The first kappa shape index (κ1) is 23.4. The third kappa shape index (κ3) is 4.36. The molecule has 1 N–H and O–H groups in total. The molecular formula is C26H19ClN2O7. The third-order valence-corrected chi connectivity index (χ3v) is 6.27. The van der Waals surface area contributed by atoms with Crippen LogP contribution in [0.2, 0.25) is 5.02 Å². The Labute approximate surface area is 210 Å². The lowest BCUT2D eigenvalue weighted by Gasteiger charge is -2.14. The number of esters is 1. The highest BCUT2D eigenvalue weighted by Gasteiger charge is 2.36. The molecule has 2 aliphatic heterocycles. The number of carbonyl (C=O) groups is 4. The number of benzene rings is 3. The maximum atomic E-state index is 13.0. The molecule has 0 atom stereocenters. The Morgan fingerprint density at radius 1 is 1.00 bits per heavy atom. The van der Waals surface area contributed by atoms with Gasteiger partial charge < -0.3 is 19.5 Å². The van der Waals surface area contributed by atoms with Gasteiger partial charge in [-0.05, 0) is 60.5 Å². The van der Waals surface area contributed by atoms with Crippen molar-refractivity contribution in [3.63, 3.8) is 0 Å². The van der Waals surface area contributed by atoms with Crippen molar-refractivity contribution in [1.82, 2.24) is 4.90 Å². The molecule has 182 valence electrons. The van der Waals surface area contributed by atoms with Gasteiger partial charge in [-0.25, -0.2) is 4.79 Å². The lowest BCUT2D eigenvalue weighted by Crippen LogP contribution is -2.29. The Morgan fingerprint density at radius 3 is 2.61 bits per heavy atom. The quantitative estimate of drug-likeness (QED) is 0.398. The fourth-order valence-electron chi connectivity index (χ4n) is 3.93. The minimum atomic E-state index is -0.801. The second-order valence-electron chi connectivity index (χ2n) is 8.18. The Hall–Kier alpha value is -4.37. The number of imide groups is 1. The maximum absolute atomic E-state index is 13.0. The summed E-state index contributed by atoms with van der Waals surface area (Å²) in [6.07, 6.45) is 0. The molecule has 0 aliphatic carbocycles. The predicted molar refractivity (Wildman–Crippen MR) is 128 cm³/mol. The second-order valence-corrected chi connectivity index (χ2v) is 8.59. The molecule has 0 bridgehead atoms. The van der Waals surface area contributed by atoms with Gasteiger partial charge in [0.2, 0.25) is 6.79 Å². The lowest BCUT2D eigenvalue weighted by molar-refractivity contribution is -0.119. The number of carbonyl (C=O) groups excluding carboxylic acids is 4. The number of anilines is 1. The summed E-state index contributed by atoms with van der Waals surface area (Å²) in [4.78, 5) is 51.7. The Bertz CT molecular complexity index is 1440. The van der Waals surface area contributed by atoms with Crippen LogP contribution in [0.4, 0.5) is 5.69 Å². The summed E-state index contributed by atoms with van der Waals surface area (Å²) in [7, 11) is 0. The molecule has 3 aromatic rings. The molecule has 3 amide bonds. The van der Waals surface area contributed by atoms with Crippen LogP contribution in [-0.2, 0) is 16.1 Å². The number of halogens is 1. The van der Waals surface area contributed by atoms with E-state index in [1.54, 1.807) is 43.3 Å². The SMILES string of the molecule is Cc1c(Cl)cccc1NC(=O)COC(=O)c1ccc2c(c1)C(=O)N(Cc1ccc3c(c1)OCO3)C2=O. The van der Waals surface area contributed by atoms with Crippen LogP contribution in [0.5, 0.6) is 11.5 Å². The molecule has 2 heterocycles. The zero-order valence-electron chi connectivity index (χ0n) is 19.0. The average Bonchev–Trinajstić information content (AvgIpc) is 3.43. The lowest BCUT2D eigenvalue weighted by atomic mass is 10.1. The molecule has 3 aromatic carbocycles. The summed E-state index contributed by atoms with van der Waals surface area (Å²) in [5.41, 5.74) is 2.21. The van der Waals surface area contributed by atoms with Crippen LogP contribution in [0, 0.1) is 6.92 Å². The Kier molecular flexibility index (Phi) is 6.07. The van der Waals surface area contributed by atoms with Crippen molar-refractivity contribution in [3.05, 3.63) is 87.4 Å². The molecule has 5 rings (SSSR count). The molecule has 0 radical (unpaired) electrons. The summed E-state index contributed by atoms with van der Waals surface area (Å²) in [6.45, 7) is 1.37. The van der Waals surface area contributed by atoms with Crippen LogP contribution >= 0.6 is 11.6 Å². The van der Waals surface area contributed by atoms with Crippen LogP contribution in [0.3, 0.4) is 0 Å². The topological polar surface area (TPSA) is 111 Å². The number of fused-ring (bicyclic) bond motifs is 2. The molecule has 9 nitrogen and oxygen atoms in total. The first-order chi connectivity index (χ1) is 17.3. The molecule has 0 fully saturated rings. The first-order valence-electron chi connectivity index (χ1n) is 10.9. The molecule has 10 heteroatoms. The fraction of sp³-hybridized carbons (Fsp3) is 0.154. The largest absolute Gasteiger partial charge is 0.454 e. The number of amides is 3. The maximum Gasteiger partial charge on any atom is 0.338 e. The highest BCUT2D eigenvalue weighted by molar-refractivity contribution is 6.31. The van der Waals surface area contributed by atoms with E-state index in [0.29, 0.717) is 33.3 Å². The Balaban J connectivity index is 1.24. The van der Waals surface area contributed by atoms with Gasteiger partial charge in [0.05, 0.1) is 23.2 Å². The van der Waals surface area contributed by atoms with E-state index in [4.69, 9.17) is 25.8 Å². The van der Waals surface area contributed by atoms with Gasteiger partial charge in [-0.1, -0.05) is 23.7 Å². The predicted octanol–water partition coefficient (Wildman–Crippen LogP) is 3.97. The standard InChI is InChI=1S/C26H19ClN2O7/c1-14-19(27)3-2-4-20(14)28-23(30)12-34-26(33)16-6-7-17-18(10-16)25(32)29(24(17)31)11-15-5-8-21-22(9-15)36-13-35-21/h2-10H,11-13H2,1H3,(H,28,30). The summed E-state index contributed by atoms with van der Waals surface area (Å²) in [6, 6.07) is 14.3. The molecule has 2 aliphatic rings. The summed E-state index contributed by atoms with van der Waals surface area (Å²) >= 11 is 6.05. The summed E-state index contributed by atoms with van der Waals surface area (Å²) < 4.78 is 15.7. The van der Waals surface area contributed by atoms with Crippen LogP contribution in [0.15, 0.2) is 54.6 Å². The zero-order valence-corrected chi connectivity index (χ0v) is 19.8. The number of ether oxygens (including phenoxy) is 3. The minimum Gasteiger partial charge on any atom is -0.454 e. The van der Waals surface area contributed by atoms with Crippen LogP contribution in [0.25, 0.3) is 0 Å². The second kappa shape index (κ2) is 9.35. The van der Waals surface area contributed by atoms with E-state index in [1.807, 2.05) is 0 Å². The van der Waals surface area contributed by atoms with Crippen LogP contribution in [0.1, 0.15) is 42.2 Å². The van der Waals surface area contributed by atoms with E-state index in [9.17, 15) is 19.2 Å². The van der Waals surface area contributed by atoms with Crippen LogP contribution in [-0.4, -0.2) is 42.0 Å². The Morgan fingerprint density at radius 2 is 1.78 bits per heavy atom. The van der Waals surface area contributed by atoms with E-state index >= 15 is 0 Å². The van der Waals surface area contributed by atoms with Gasteiger partial charge in [0.1, 0.15) is 0 Å². The van der Waals surface area contributed by atoms with E-state index in [2.05, 4.69) is 5.32 Å². The number of hydrogen-bond donors (Lipinski definition) is 1. The van der Waals surface area contributed by atoms with Gasteiger partial charge in [0.25, 0.3) is 17.7 Å². The molecular weight excluding hydrogens is 488 g/mol. The normalized spacial score (nSPS) is 13.6. The number of rotatable bonds is 6. The van der Waals surface area contributed by atoms with Crippen LogP contribution < -0.4 is 14.8 Å². The van der Waals surface area contributed by atoms with Crippen molar-refractivity contribution in [2.45, 2.75) is 13.5 Å². The molecule has 0 saturated carbocycles. The van der Waals surface area contributed by atoms with Gasteiger partial charge in [-0.3, -0.25) is 19.3 Å². The highest BCUT2D eigenvalue weighted by atomic mass is 35.5. The summed E-state index contributed by atoms with van der Waals surface area (Å²) in [5.74, 6) is -1.20. The van der Waals surface area contributed by atoms with Crippen molar-refractivity contribution in [3.8, 4) is 11.5 Å². The number of nitrogens with one attached hydrogen (secondary N) is 1. The van der Waals surface area contributed by atoms with E-state index in [1.165, 1.54) is 18.2 Å². The van der Waals surface area contributed by atoms with Gasteiger partial charge in [-0.15, -0.1) is 0 Å². The molecule has 0 unspecified atom stereocenters. The zero-order chi connectivity index (χ0) is 25.4. The number of nitrogens with zero attached hydrogens (tertiary/aromatic N) is 1. The van der Waals surface area contributed by atoms with E-state index in [0.717, 1.165) is 4.90 Å². The van der Waals surface area contributed by atoms with Gasteiger partial charge >= 0.3 is 5.97 Å². The first-order valence-corrected chi connectivity index (χ1v) is 11.3. The van der Waals surface area contributed by atoms with Gasteiger partial charge in [0, 0.05) is 10.7 Å². The molecule has 0 saturated heterocycles. The monoisotopic (exact) mass is 506 g/mol. The minimum absolute atomic E-state index is 0.0336. The van der Waals surface area contributed by atoms with Crippen molar-refractivity contribution in [2.75, 3.05) is 18.7 Å². The highest BCUT2D eigenvalue weighted by Crippen LogP contribution is 2.34. The van der Waals surface area contributed by atoms with Crippen molar-refractivity contribution < 1.29 is 33.4 Å². The number of hydrogen-bond acceptors (Lipinski definition) is 7. The molecule has 0 aromatic heterocycles.